The molecule has 0 aliphatic carbocycles. The molecule has 10 nitrogen and oxygen atoms in total. The molecule has 0 atom stereocenters. The number of nitro benzene ring substituents is 1. The third-order valence-corrected chi connectivity index (χ3v) is 5.44. The van der Waals surface area contributed by atoms with Crippen LogP contribution in [0, 0.1) is 10.1 Å². The van der Waals surface area contributed by atoms with Crippen molar-refractivity contribution in [1.29, 1.82) is 0 Å². The van der Waals surface area contributed by atoms with E-state index in [1.807, 2.05) is 24.3 Å². The third-order valence-electron chi connectivity index (χ3n) is 4.38. The summed E-state index contributed by atoms with van der Waals surface area (Å²) in [5.74, 6) is -1.31. The minimum absolute atomic E-state index is 0.0924. The highest BCUT2D eigenvalue weighted by Gasteiger charge is 2.27. The molecule has 0 spiro atoms. The van der Waals surface area contributed by atoms with Gasteiger partial charge in [0.15, 0.2) is 23.2 Å². The van der Waals surface area contributed by atoms with Crippen molar-refractivity contribution in [3.05, 3.63) is 52.1 Å². The number of benzene rings is 2. The Morgan fingerprint density at radius 3 is 2.45 bits per heavy atom. The van der Waals surface area contributed by atoms with E-state index in [0.29, 0.717) is 11.7 Å². The molecule has 11 heteroatoms. The first-order chi connectivity index (χ1) is 14.9. The van der Waals surface area contributed by atoms with Crippen LogP contribution < -0.4 is 14.4 Å². The normalized spacial score (nSPS) is 10.5. The van der Waals surface area contributed by atoms with E-state index in [9.17, 15) is 19.7 Å². The van der Waals surface area contributed by atoms with Crippen LogP contribution in [0.4, 0.5) is 10.8 Å². The molecule has 1 amide bonds. The fraction of sp³-hybridized carbons (Fsp3) is 0.250. The number of methoxy groups -OCH3 is 2. The standard InChI is InChI=1S/C20H19N3O7S/c1-4-22(20-21-13-7-5-6-8-17(13)31-20)18(24)11-30-19(25)12-9-15(28-2)16(29-3)10-14(12)23(26)27/h5-10H,4,11H2,1-3H3. The fourth-order valence-electron chi connectivity index (χ4n) is 2.86. The number of para-hydroxylation sites is 1. The number of nitrogens with zero attached hydrogens (tertiary/aromatic N) is 3. The van der Waals surface area contributed by atoms with Crippen LogP contribution in [0.1, 0.15) is 17.3 Å². The van der Waals surface area contributed by atoms with Crippen molar-refractivity contribution >= 4 is 44.2 Å². The quantitative estimate of drug-likeness (QED) is 0.294. The number of fused-ring (bicyclic) bond motifs is 1. The van der Waals surface area contributed by atoms with E-state index in [0.717, 1.165) is 22.3 Å². The SMILES string of the molecule is CCN(C(=O)COC(=O)c1cc(OC)c(OC)cc1[N+](=O)[O-])c1nc2ccccc2s1. The number of hydrogen-bond acceptors (Lipinski definition) is 9. The molecule has 0 aliphatic heterocycles. The lowest BCUT2D eigenvalue weighted by molar-refractivity contribution is -0.385. The zero-order valence-electron chi connectivity index (χ0n) is 17.0. The summed E-state index contributed by atoms with van der Waals surface area (Å²) < 4.78 is 16.1. The highest BCUT2D eigenvalue weighted by atomic mass is 32.1. The summed E-state index contributed by atoms with van der Waals surface area (Å²) in [6.45, 7) is 1.48. The number of nitro groups is 1. The van der Waals surface area contributed by atoms with E-state index in [4.69, 9.17) is 14.2 Å². The molecule has 3 aromatic rings. The molecule has 0 aliphatic rings. The molecule has 0 unspecified atom stereocenters. The number of anilines is 1. The lowest BCUT2D eigenvalue weighted by Gasteiger charge is -2.17. The molecule has 0 saturated carbocycles. The summed E-state index contributed by atoms with van der Waals surface area (Å²) >= 11 is 1.34. The van der Waals surface area contributed by atoms with E-state index in [1.54, 1.807) is 6.92 Å². The molecule has 2 aromatic carbocycles. The highest BCUT2D eigenvalue weighted by molar-refractivity contribution is 7.22. The van der Waals surface area contributed by atoms with Gasteiger partial charge in [-0.1, -0.05) is 23.5 Å². The van der Waals surface area contributed by atoms with Gasteiger partial charge in [-0.15, -0.1) is 0 Å². The highest BCUT2D eigenvalue weighted by Crippen LogP contribution is 2.35. The van der Waals surface area contributed by atoms with Gasteiger partial charge in [-0.05, 0) is 19.1 Å². The number of hydrogen-bond donors (Lipinski definition) is 0. The molecule has 0 bridgehead atoms. The molecular formula is C20H19N3O7S. The molecule has 162 valence electrons. The largest absolute Gasteiger partial charge is 0.493 e. The molecule has 0 N–H and O–H groups in total. The van der Waals surface area contributed by atoms with Crippen molar-refractivity contribution in [3.63, 3.8) is 0 Å². The lowest BCUT2D eigenvalue weighted by Crippen LogP contribution is -2.34. The van der Waals surface area contributed by atoms with Crippen LogP contribution >= 0.6 is 11.3 Å². The average Bonchev–Trinajstić information content (AvgIpc) is 3.20. The van der Waals surface area contributed by atoms with Crippen LogP contribution in [0.3, 0.4) is 0 Å². The first-order valence-electron chi connectivity index (χ1n) is 9.13. The van der Waals surface area contributed by atoms with E-state index < -0.39 is 29.1 Å². The molecule has 0 fully saturated rings. The Labute approximate surface area is 181 Å². The molecular weight excluding hydrogens is 426 g/mol. The van der Waals surface area contributed by atoms with E-state index in [-0.39, 0.29) is 17.1 Å². The number of likely N-dealkylation sites (N-methyl/N-ethyl adjacent to an activating group) is 1. The summed E-state index contributed by atoms with van der Waals surface area (Å²) in [4.78, 5) is 41.7. The van der Waals surface area contributed by atoms with Gasteiger partial charge in [0.2, 0.25) is 0 Å². The third kappa shape index (κ3) is 4.56. The van der Waals surface area contributed by atoms with Gasteiger partial charge in [-0.2, -0.15) is 0 Å². The molecule has 3 rings (SSSR count). The minimum Gasteiger partial charge on any atom is -0.493 e. The number of aromatic nitrogens is 1. The minimum atomic E-state index is -1.03. The molecule has 1 heterocycles. The van der Waals surface area contributed by atoms with Crippen molar-refractivity contribution in [2.75, 3.05) is 32.3 Å². The molecule has 31 heavy (non-hydrogen) atoms. The van der Waals surface area contributed by atoms with Crippen LogP contribution in [-0.2, 0) is 9.53 Å². The Hall–Kier alpha value is -3.73. The first-order valence-corrected chi connectivity index (χ1v) is 9.94. The molecule has 0 radical (unpaired) electrons. The maximum Gasteiger partial charge on any atom is 0.345 e. The van der Waals surface area contributed by atoms with Crippen LogP contribution in [0.5, 0.6) is 11.5 Å². The topological polar surface area (TPSA) is 121 Å². The summed E-state index contributed by atoms with van der Waals surface area (Å²) in [6, 6.07) is 9.67. The number of carbonyl (C=O) groups is 2. The van der Waals surface area contributed by atoms with Gasteiger partial charge < -0.3 is 14.2 Å². The van der Waals surface area contributed by atoms with E-state index in [1.165, 1.54) is 30.5 Å². The van der Waals surface area contributed by atoms with Gasteiger partial charge in [0.1, 0.15) is 5.56 Å². The summed E-state index contributed by atoms with van der Waals surface area (Å²) in [6.07, 6.45) is 0. The van der Waals surface area contributed by atoms with Crippen molar-refractivity contribution in [1.82, 2.24) is 4.98 Å². The van der Waals surface area contributed by atoms with Crippen LogP contribution in [0.15, 0.2) is 36.4 Å². The second-order valence-electron chi connectivity index (χ2n) is 6.16. The van der Waals surface area contributed by atoms with Crippen molar-refractivity contribution in [2.24, 2.45) is 0 Å². The average molecular weight is 445 g/mol. The smallest absolute Gasteiger partial charge is 0.345 e. The number of esters is 1. The van der Waals surface area contributed by atoms with Gasteiger partial charge in [0.05, 0.1) is 35.4 Å². The van der Waals surface area contributed by atoms with Gasteiger partial charge in [-0.25, -0.2) is 9.78 Å². The van der Waals surface area contributed by atoms with Gasteiger partial charge >= 0.3 is 5.97 Å². The summed E-state index contributed by atoms with van der Waals surface area (Å²) in [5.41, 5.74) is -0.112. The zero-order chi connectivity index (χ0) is 22.5. The molecule has 0 saturated heterocycles. The number of ether oxygens (including phenoxy) is 3. The second kappa shape index (κ2) is 9.39. The maximum atomic E-state index is 12.7. The summed E-state index contributed by atoms with van der Waals surface area (Å²) in [7, 11) is 2.65. The van der Waals surface area contributed by atoms with Crippen LogP contribution in [-0.4, -0.2) is 49.2 Å². The maximum absolute atomic E-state index is 12.7. The monoisotopic (exact) mass is 445 g/mol. The molecule has 1 aromatic heterocycles. The Balaban J connectivity index is 1.79. The summed E-state index contributed by atoms with van der Waals surface area (Å²) in [5, 5.41) is 11.9. The lowest BCUT2D eigenvalue weighted by atomic mass is 10.1. The number of rotatable bonds is 8. The van der Waals surface area contributed by atoms with Crippen LogP contribution in [0.2, 0.25) is 0 Å². The Morgan fingerprint density at radius 2 is 1.84 bits per heavy atom. The number of carbonyl (C=O) groups excluding carboxylic acids is 2. The van der Waals surface area contributed by atoms with E-state index in [2.05, 4.69) is 4.98 Å². The van der Waals surface area contributed by atoms with Crippen LogP contribution in [0.25, 0.3) is 10.2 Å². The predicted octanol–water partition coefficient (Wildman–Crippen LogP) is 3.43. The Morgan fingerprint density at radius 1 is 1.16 bits per heavy atom. The van der Waals surface area contributed by atoms with Crippen molar-refractivity contribution in [3.8, 4) is 11.5 Å². The number of thiazole rings is 1. The van der Waals surface area contributed by atoms with Crippen molar-refractivity contribution in [2.45, 2.75) is 6.92 Å². The van der Waals surface area contributed by atoms with Gasteiger partial charge in [0, 0.05) is 12.6 Å². The first kappa shape index (κ1) is 22.0. The predicted molar refractivity (Wildman–Crippen MR) is 114 cm³/mol. The Bertz CT molecular complexity index is 1110. The van der Waals surface area contributed by atoms with E-state index >= 15 is 0 Å². The van der Waals surface area contributed by atoms with Gasteiger partial charge in [0.25, 0.3) is 11.6 Å². The fourth-order valence-corrected chi connectivity index (χ4v) is 3.91. The van der Waals surface area contributed by atoms with Crippen molar-refractivity contribution < 1.29 is 28.7 Å². The Kier molecular flexibility index (Phi) is 6.65. The number of amides is 1. The zero-order valence-corrected chi connectivity index (χ0v) is 17.8. The second-order valence-corrected chi connectivity index (χ2v) is 7.17. The van der Waals surface area contributed by atoms with Gasteiger partial charge in [-0.3, -0.25) is 19.8 Å².